The second-order valence-corrected chi connectivity index (χ2v) is 4.05. The molecule has 0 unspecified atom stereocenters. The number of halogens is 1. The molecule has 0 bridgehead atoms. The van der Waals surface area contributed by atoms with Crippen molar-refractivity contribution in [2.45, 2.75) is 6.54 Å². The minimum atomic E-state index is -0.627. The van der Waals surface area contributed by atoms with Crippen LogP contribution >= 0.6 is 0 Å². The summed E-state index contributed by atoms with van der Waals surface area (Å²) in [5.41, 5.74) is -0.00759. The number of para-hydroxylation sites is 1. The average Bonchev–Trinajstić information content (AvgIpc) is 2.46. The summed E-state index contributed by atoms with van der Waals surface area (Å²) >= 11 is 0. The first-order valence-corrected chi connectivity index (χ1v) is 5.84. The smallest absolute Gasteiger partial charge is 0.282 e. The highest BCUT2D eigenvalue weighted by atomic mass is 19.1. The molecule has 20 heavy (non-hydrogen) atoms. The highest BCUT2D eigenvalue weighted by Crippen LogP contribution is 2.17. The van der Waals surface area contributed by atoms with Crippen LogP contribution in [-0.4, -0.2) is 10.8 Å². The van der Waals surface area contributed by atoms with Gasteiger partial charge in [-0.05, 0) is 12.1 Å². The van der Waals surface area contributed by atoms with Gasteiger partial charge in [-0.1, -0.05) is 30.3 Å². The summed E-state index contributed by atoms with van der Waals surface area (Å²) in [6.07, 6.45) is 0. The molecule has 0 fully saturated rings. The largest absolute Gasteiger partial charge is 0.348 e. The minimum absolute atomic E-state index is 0.0302. The van der Waals surface area contributed by atoms with Gasteiger partial charge in [0.05, 0.1) is 4.92 Å². The van der Waals surface area contributed by atoms with E-state index < -0.39 is 16.6 Å². The van der Waals surface area contributed by atoms with Crippen LogP contribution in [0.25, 0.3) is 0 Å². The van der Waals surface area contributed by atoms with Crippen molar-refractivity contribution in [3.8, 4) is 0 Å². The molecule has 1 N–H and O–H groups in total. The van der Waals surface area contributed by atoms with Crippen LogP contribution in [0.2, 0.25) is 0 Å². The normalized spacial score (nSPS) is 10.1. The summed E-state index contributed by atoms with van der Waals surface area (Å²) in [5.74, 6) is -1.05. The monoisotopic (exact) mass is 274 g/mol. The summed E-state index contributed by atoms with van der Waals surface area (Å²) in [7, 11) is 0. The molecule has 0 saturated carbocycles. The maximum atomic E-state index is 13.4. The molecule has 0 spiro atoms. The molecule has 0 atom stereocenters. The van der Waals surface area contributed by atoms with E-state index in [-0.39, 0.29) is 17.8 Å². The molecule has 0 aliphatic rings. The Kier molecular flexibility index (Phi) is 4.05. The summed E-state index contributed by atoms with van der Waals surface area (Å²) in [6, 6.07) is 11.6. The number of nitrogens with one attached hydrogen (secondary N) is 1. The molecule has 0 heterocycles. The molecule has 2 aromatic rings. The van der Waals surface area contributed by atoms with E-state index in [9.17, 15) is 19.3 Å². The summed E-state index contributed by atoms with van der Waals surface area (Å²) in [5, 5.41) is 13.3. The Hall–Kier alpha value is -2.76. The van der Waals surface area contributed by atoms with Gasteiger partial charge >= 0.3 is 0 Å². The van der Waals surface area contributed by atoms with Crippen molar-refractivity contribution in [2.24, 2.45) is 0 Å². The standard InChI is InChI=1S/C14H11FN2O3/c15-12-7-3-1-5-10(12)9-16-14(18)11-6-2-4-8-13(11)17(19)20/h1-8H,9H2,(H,16,18). The third kappa shape index (κ3) is 2.97. The van der Waals surface area contributed by atoms with Crippen molar-refractivity contribution in [1.82, 2.24) is 5.32 Å². The van der Waals surface area contributed by atoms with E-state index >= 15 is 0 Å². The zero-order valence-electron chi connectivity index (χ0n) is 10.4. The first-order chi connectivity index (χ1) is 9.59. The fraction of sp³-hybridized carbons (Fsp3) is 0.0714. The van der Waals surface area contributed by atoms with Gasteiger partial charge in [0.2, 0.25) is 0 Å². The van der Waals surface area contributed by atoms with Crippen LogP contribution in [0.5, 0.6) is 0 Å². The lowest BCUT2D eigenvalue weighted by Gasteiger charge is -2.06. The lowest BCUT2D eigenvalue weighted by atomic mass is 10.1. The third-order valence-electron chi connectivity index (χ3n) is 2.74. The molecule has 2 rings (SSSR count). The van der Waals surface area contributed by atoms with Crippen LogP contribution < -0.4 is 5.32 Å². The first kappa shape index (κ1) is 13.7. The third-order valence-corrected chi connectivity index (χ3v) is 2.74. The Balaban J connectivity index is 2.14. The van der Waals surface area contributed by atoms with Gasteiger partial charge in [-0.15, -0.1) is 0 Å². The maximum absolute atomic E-state index is 13.4. The average molecular weight is 274 g/mol. The van der Waals surface area contributed by atoms with Crippen LogP contribution in [0.3, 0.4) is 0 Å². The quantitative estimate of drug-likeness (QED) is 0.688. The topological polar surface area (TPSA) is 72.2 Å². The first-order valence-electron chi connectivity index (χ1n) is 5.84. The molecular weight excluding hydrogens is 263 g/mol. The van der Waals surface area contributed by atoms with Gasteiger partial charge < -0.3 is 5.32 Å². The highest BCUT2D eigenvalue weighted by Gasteiger charge is 2.18. The molecule has 6 heteroatoms. The van der Waals surface area contributed by atoms with Crippen LogP contribution in [0.1, 0.15) is 15.9 Å². The Labute approximate surface area is 114 Å². The second-order valence-electron chi connectivity index (χ2n) is 4.05. The predicted octanol–water partition coefficient (Wildman–Crippen LogP) is 2.66. The van der Waals surface area contributed by atoms with E-state index in [0.717, 1.165) is 0 Å². The Bertz CT molecular complexity index is 658. The lowest BCUT2D eigenvalue weighted by Crippen LogP contribution is -2.24. The number of nitro groups is 1. The Morgan fingerprint density at radius 1 is 1.15 bits per heavy atom. The van der Waals surface area contributed by atoms with Gasteiger partial charge in [0.15, 0.2) is 0 Å². The fourth-order valence-electron chi connectivity index (χ4n) is 1.74. The molecule has 5 nitrogen and oxygen atoms in total. The molecule has 102 valence electrons. The summed E-state index contributed by atoms with van der Waals surface area (Å²) < 4.78 is 13.4. The van der Waals surface area contributed by atoms with Gasteiger partial charge in [0, 0.05) is 18.2 Å². The zero-order valence-corrected chi connectivity index (χ0v) is 10.4. The number of rotatable bonds is 4. The van der Waals surface area contributed by atoms with E-state index in [0.29, 0.717) is 5.56 Å². The van der Waals surface area contributed by atoms with E-state index in [2.05, 4.69) is 5.32 Å². The zero-order chi connectivity index (χ0) is 14.5. The molecule has 0 saturated heterocycles. The van der Waals surface area contributed by atoms with Gasteiger partial charge in [-0.2, -0.15) is 0 Å². The Morgan fingerprint density at radius 2 is 1.80 bits per heavy atom. The predicted molar refractivity (Wildman–Crippen MR) is 70.7 cm³/mol. The van der Waals surface area contributed by atoms with Gasteiger partial charge in [-0.25, -0.2) is 4.39 Å². The highest BCUT2D eigenvalue weighted by molar-refractivity contribution is 5.98. The van der Waals surface area contributed by atoms with E-state index in [1.165, 1.54) is 36.4 Å². The van der Waals surface area contributed by atoms with E-state index in [1.807, 2.05) is 0 Å². The van der Waals surface area contributed by atoms with Crippen LogP contribution in [0.15, 0.2) is 48.5 Å². The molecule has 0 radical (unpaired) electrons. The van der Waals surface area contributed by atoms with Crippen LogP contribution in [-0.2, 0) is 6.54 Å². The molecule has 0 aliphatic carbocycles. The molecule has 1 amide bonds. The number of amides is 1. The van der Waals surface area contributed by atoms with Gasteiger partial charge in [0.25, 0.3) is 11.6 Å². The number of benzene rings is 2. The van der Waals surface area contributed by atoms with Crippen molar-refractivity contribution >= 4 is 11.6 Å². The minimum Gasteiger partial charge on any atom is -0.348 e. The molecule has 2 aromatic carbocycles. The van der Waals surface area contributed by atoms with Crippen LogP contribution in [0.4, 0.5) is 10.1 Å². The molecule has 0 aromatic heterocycles. The van der Waals surface area contributed by atoms with Crippen molar-refractivity contribution in [1.29, 1.82) is 0 Å². The summed E-state index contributed by atoms with van der Waals surface area (Å²) in [4.78, 5) is 22.1. The molecular formula is C14H11FN2O3. The van der Waals surface area contributed by atoms with Crippen molar-refractivity contribution in [2.75, 3.05) is 0 Å². The van der Waals surface area contributed by atoms with Gasteiger partial charge in [0.1, 0.15) is 11.4 Å². The lowest BCUT2D eigenvalue weighted by molar-refractivity contribution is -0.385. The van der Waals surface area contributed by atoms with Crippen LogP contribution in [0, 0.1) is 15.9 Å². The number of hydrogen-bond acceptors (Lipinski definition) is 3. The SMILES string of the molecule is O=C(NCc1ccccc1F)c1ccccc1[N+](=O)[O-]. The number of carbonyl (C=O) groups is 1. The van der Waals surface area contributed by atoms with Crippen molar-refractivity contribution in [3.63, 3.8) is 0 Å². The van der Waals surface area contributed by atoms with Gasteiger partial charge in [-0.3, -0.25) is 14.9 Å². The molecule has 0 aliphatic heterocycles. The number of hydrogen-bond donors (Lipinski definition) is 1. The number of carbonyl (C=O) groups excluding carboxylic acids is 1. The fourth-order valence-corrected chi connectivity index (χ4v) is 1.74. The maximum Gasteiger partial charge on any atom is 0.282 e. The summed E-state index contributed by atoms with van der Waals surface area (Å²) in [6.45, 7) is -0.0302. The number of nitrogens with zero attached hydrogens (tertiary/aromatic N) is 1. The van der Waals surface area contributed by atoms with Crippen molar-refractivity contribution < 1.29 is 14.1 Å². The van der Waals surface area contributed by atoms with Crippen molar-refractivity contribution in [3.05, 3.63) is 75.6 Å². The van der Waals surface area contributed by atoms with E-state index in [1.54, 1.807) is 12.1 Å². The van der Waals surface area contributed by atoms with E-state index in [4.69, 9.17) is 0 Å². The second kappa shape index (κ2) is 5.92. The Morgan fingerprint density at radius 3 is 2.50 bits per heavy atom. The number of nitro benzene ring substituents is 1.